The van der Waals surface area contributed by atoms with Crippen LogP contribution in [0.5, 0.6) is 0 Å². The lowest BCUT2D eigenvalue weighted by Gasteiger charge is -2.36. The van der Waals surface area contributed by atoms with Crippen LogP contribution in [0, 0.1) is 11.2 Å². The number of aromatic nitrogens is 1. The summed E-state index contributed by atoms with van der Waals surface area (Å²) in [6.45, 7) is 3.15. The Labute approximate surface area is 129 Å². The average molecular weight is 293 g/mol. The first-order valence-electron chi connectivity index (χ1n) is 7.39. The monoisotopic (exact) mass is 293 g/mol. The van der Waals surface area contributed by atoms with Crippen LogP contribution in [0.3, 0.4) is 0 Å². The molecule has 5 nitrogen and oxygen atoms in total. The molecule has 1 saturated heterocycles. The summed E-state index contributed by atoms with van der Waals surface area (Å²) in [5.74, 6) is 1.34. The first-order valence-corrected chi connectivity index (χ1v) is 7.39. The smallest absolute Gasteiger partial charge is 0.354 e. The fraction of sp³-hybridized carbons (Fsp3) is 0.312. The molecule has 0 bridgehead atoms. The van der Waals surface area contributed by atoms with E-state index in [9.17, 15) is 4.79 Å². The Morgan fingerprint density at radius 2 is 2.27 bits per heavy atom. The Morgan fingerprint density at radius 1 is 1.45 bits per heavy atom. The molecule has 1 atom stereocenters. The van der Waals surface area contributed by atoms with Gasteiger partial charge in [0.25, 0.3) is 6.71 Å². The number of fused-ring (bicyclic) bond motifs is 1. The Bertz CT molecular complexity index is 772. The minimum absolute atomic E-state index is 0.0588. The molecule has 1 aromatic heterocycles. The number of pyridine rings is 1. The molecule has 22 heavy (non-hydrogen) atoms. The van der Waals surface area contributed by atoms with Crippen LogP contribution in [-0.2, 0) is 0 Å². The van der Waals surface area contributed by atoms with E-state index in [-0.39, 0.29) is 12.4 Å². The Hall–Kier alpha value is -2.55. The summed E-state index contributed by atoms with van der Waals surface area (Å²) in [4.78, 5) is 17.4. The number of hydrogen-bond donors (Lipinski definition) is 1. The molecule has 1 N–H and O–H groups in total. The molecule has 2 heterocycles. The van der Waals surface area contributed by atoms with E-state index in [1.807, 2.05) is 18.2 Å². The van der Waals surface area contributed by atoms with Crippen LogP contribution >= 0.6 is 0 Å². The number of carboxylic acids is 1. The van der Waals surface area contributed by atoms with Gasteiger partial charge in [-0.3, -0.25) is 0 Å². The van der Waals surface area contributed by atoms with Gasteiger partial charge in [-0.15, -0.1) is 0 Å². The summed E-state index contributed by atoms with van der Waals surface area (Å²) in [6, 6.07) is 9.52. The van der Waals surface area contributed by atoms with Gasteiger partial charge in [-0.1, -0.05) is 6.07 Å². The zero-order chi connectivity index (χ0) is 15.7. The Balaban J connectivity index is 1.91. The van der Waals surface area contributed by atoms with E-state index >= 15 is 0 Å². The third kappa shape index (κ3) is 2.62. The number of rotatable bonds is 2. The molecule has 1 aliphatic rings. The molecule has 6 heteroatoms. The molecular formula is C16H16BN3O2. The molecule has 3 rings (SSSR count). The number of nitriles is 1. The molecule has 0 aliphatic carbocycles. The molecular weight excluding hydrogens is 277 g/mol. The van der Waals surface area contributed by atoms with E-state index in [0.29, 0.717) is 11.6 Å². The predicted octanol–water partition coefficient (Wildman–Crippen LogP) is 2.70. The third-order valence-corrected chi connectivity index (χ3v) is 4.28. The van der Waals surface area contributed by atoms with E-state index in [1.54, 1.807) is 6.07 Å². The molecule has 1 unspecified atom stereocenters. The van der Waals surface area contributed by atoms with Crippen LogP contribution < -0.4 is 4.90 Å². The topological polar surface area (TPSA) is 77.2 Å². The maximum atomic E-state index is 11.0. The van der Waals surface area contributed by atoms with Gasteiger partial charge < -0.3 is 10.0 Å². The average Bonchev–Trinajstić information content (AvgIpc) is 2.53. The van der Waals surface area contributed by atoms with Gasteiger partial charge >= 0.3 is 5.97 Å². The number of benzene rings is 1. The van der Waals surface area contributed by atoms with Crippen LogP contribution in [-0.4, -0.2) is 35.4 Å². The third-order valence-electron chi connectivity index (χ3n) is 4.28. The summed E-state index contributed by atoms with van der Waals surface area (Å²) < 4.78 is 0. The molecule has 0 saturated carbocycles. The molecule has 110 valence electrons. The lowest BCUT2D eigenvalue weighted by molar-refractivity contribution is 0.0691. The minimum Gasteiger partial charge on any atom is -0.477 e. The molecule has 0 radical (unpaired) electrons. The number of carboxylic acid groups (broad SMARTS) is 1. The lowest BCUT2D eigenvalue weighted by atomic mass is 9.43. The van der Waals surface area contributed by atoms with Crippen molar-refractivity contribution in [2.75, 3.05) is 11.4 Å². The van der Waals surface area contributed by atoms with Crippen molar-refractivity contribution in [1.82, 2.24) is 4.98 Å². The highest BCUT2D eigenvalue weighted by Crippen LogP contribution is 2.28. The summed E-state index contributed by atoms with van der Waals surface area (Å²) in [7, 11) is 0. The zero-order valence-electron chi connectivity index (χ0n) is 12.4. The van der Waals surface area contributed by atoms with E-state index in [1.165, 1.54) is 6.07 Å². The van der Waals surface area contributed by atoms with Crippen LogP contribution in [0.1, 0.15) is 17.4 Å². The molecule has 0 amide bonds. The fourth-order valence-electron chi connectivity index (χ4n) is 3.08. The van der Waals surface area contributed by atoms with Crippen LogP contribution in [0.2, 0.25) is 12.6 Å². The second kappa shape index (κ2) is 5.68. The first-order chi connectivity index (χ1) is 10.6. The van der Waals surface area contributed by atoms with Gasteiger partial charge in [-0.25, -0.2) is 15.0 Å². The highest BCUT2D eigenvalue weighted by atomic mass is 16.4. The van der Waals surface area contributed by atoms with Gasteiger partial charge in [0.15, 0.2) is 0 Å². The highest BCUT2D eigenvalue weighted by molar-refractivity contribution is 6.67. The van der Waals surface area contributed by atoms with Crippen molar-refractivity contribution < 1.29 is 9.90 Å². The number of hydrogen-bond acceptors (Lipinski definition) is 4. The molecule has 1 aromatic carbocycles. The summed E-state index contributed by atoms with van der Waals surface area (Å²) >= 11 is 0. The number of carbonyl (C=O) groups is 1. The zero-order valence-corrected chi connectivity index (χ0v) is 12.4. The van der Waals surface area contributed by atoms with E-state index in [4.69, 9.17) is 10.4 Å². The summed E-state index contributed by atoms with van der Waals surface area (Å²) in [6.07, 6.45) is 1.76. The number of nitrogens with zero attached hydrogens (tertiary/aromatic N) is 3. The molecule has 0 spiro atoms. The molecule has 2 aromatic rings. The predicted molar refractivity (Wildman–Crippen MR) is 86.5 cm³/mol. The SMILES string of the molecule is CC1CB(C#N)CCN1c1ccc2nc(C(=O)O)ccc2c1. The van der Waals surface area contributed by atoms with Gasteiger partial charge in [0.2, 0.25) is 0 Å². The van der Waals surface area contributed by atoms with Crippen molar-refractivity contribution >= 4 is 29.3 Å². The maximum absolute atomic E-state index is 11.0. The maximum Gasteiger partial charge on any atom is 0.354 e. The quantitative estimate of drug-likeness (QED) is 0.861. The number of anilines is 1. The van der Waals surface area contributed by atoms with E-state index in [2.05, 4.69) is 22.8 Å². The Morgan fingerprint density at radius 3 is 2.95 bits per heavy atom. The largest absolute Gasteiger partial charge is 0.477 e. The van der Waals surface area contributed by atoms with Crippen LogP contribution in [0.15, 0.2) is 30.3 Å². The Kier molecular flexibility index (Phi) is 3.72. The van der Waals surface area contributed by atoms with Crippen molar-refractivity contribution in [2.45, 2.75) is 25.6 Å². The van der Waals surface area contributed by atoms with E-state index < -0.39 is 5.97 Å². The van der Waals surface area contributed by atoms with E-state index in [0.717, 1.165) is 30.3 Å². The normalized spacial score (nSPS) is 18.3. The van der Waals surface area contributed by atoms with Crippen molar-refractivity contribution in [2.24, 2.45) is 0 Å². The standard InChI is InChI=1S/C16H16BN3O2/c1-11-9-17(10-18)6-7-20(11)13-3-5-14-12(8-13)2-4-15(19-14)16(21)22/h2-5,8,11H,6-7,9H2,1H3,(H,21,22). The van der Waals surface area contributed by atoms with Crippen molar-refractivity contribution in [3.05, 3.63) is 36.0 Å². The highest BCUT2D eigenvalue weighted by Gasteiger charge is 2.28. The summed E-state index contributed by atoms with van der Waals surface area (Å²) in [5.41, 5.74) is 1.84. The first kappa shape index (κ1) is 14.4. The minimum atomic E-state index is -1.02. The molecule has 1 aliphatic heterocycles. The molecule has 1 fully saturated rings. The fourth-order valence-corrected chi connectivity index (χ4v) is 3.08. The van der Waals surface area contributed by atoms with Gasteiger partial charge in [0.1, 0.15) is 5.69 Å². The van der Waals surface area contributed by atoms with Crippen LogP contribution in [0.25, 0.3) is 10.9 Å². The van der Waals surface area contributed by atoms with Crippen molar-refractivity contribution in [3.63, 3.8) is 0 Å². The van der Waals surface area contributed by atoms with Crippen molar-refractivity contribution in [3.8, 4) is 5.97 Å². The van der Waals surface area contributed by atoms with Crippen LogP contribution in [0.4, 0.5) is 5.69 Å². The second-order valence-corrected chi connectivity index (χ2v) is 5.77. The van der Waals surface area contributed by atoms with Gasteiger partial charge in [0.05, 0.1) is 5.52 Å². The van der Waals surface area contributed by atoms with Crippen molar-refractivity contribution in [1.29, 1.82) is 5.26 Å². The van der Waals surface area contributed by atoms with Gasteiger partial charge in [0, 0.05) is 29.6 Å². The van der Waals surface area contributed by atoms with Gasteiger partial charge in [-0.05, 0) is 43.8 Å². The lowest BCUT2D eigenvalue weighted by Crippen LogP contribution is -2.43. The second-order valence-electron chi connectivity index (χ2n) is 5.77. The summed E-state index contributed by atoms with van der Waals surface area (Å²) in [5, 5.41) is 19.0. The number of aromatic carboxylic acids is 1. The van der Waals surface area contributed by atoms with Gasteiger partial charge in [-0.2, -0.15) is 0 Å².